The normalized spacial score (nSPS) is 23.8. The number of nitrogens with one attached hydrogen (secondary N) is 3. The zero-order valence-electron chi connectivity index (χ0n) is 10.7. The molecule has 18 heavy (non-hydrogen) atoms. The van der Waals surface area contributed by atoms with Crippen LogP contribution >= 0.6 is 0 Å². The molecule has 3 N–H and O–H groups in total. The molecular weight excluding hydrogens is 232 g/mol. The number of amides is 1. The summed E-state index contributed by atoms with van der Waals surface area (Å²) >= 11 is 0. The summed E-state index contributed by atoms with van der Waals surface area (Å²) in [7, 11) is 0. The first-order chi connectivity index (χ1) is 8.71. The second kappa shape index (κ2) is 5.90. The molecule has 1 aromatic heterocycles. The van der Waals surface area contributed by atoms with E-state index < -0.39 is 0 Å². The number of carbonyl (C=O) groups excluding carboxylic acids is 1. The van der Waals surface area contributed by atoms with Crippen molar-refractivity contribution in [1.82, 2.24) is 31.3 Å². The van der Waals surface area contributed by atoms with Gasteiger partial charge in [-0.3, -0.25) is 4.79 Å². The zero-order chi connectivity index (χ0) is 12.8. The largest absolute Gasteiger partial charge is 0.356 e. The summed E-state index contributed by atoms with van der Waals surface area (Å²) < 4.78 is 0. The van der Waals surface area contributed by atoms with Gasteiger partial charge < -0.3 is 10.6 Å². The first kappa shape index (κ1) is 12.9. The molecule has 7 nitrogen and oxygen atoms in total. The lowest BCUT2D eigenvalue weighted by Gasteiger charge is -2.32. The monoisotopic (exact) mass is 252 g/mol. The zero-order valence-corrected chi connectivity index (χ0v) is 10.7. The van der Waals surface area contributed by atoms with Gasteiger partial charge in [0.25, 0.3) is 0 Å². The fourth-order valence-electron chi connectivity index (χ4n) is 2.20. The minimum absolute atomic E-state index is 0.141. The number of rotatable bonds is 5. The number of aromatic amines is 1. The quantitative estimate of drug-likeness (QED) is 0.622. The molecule has 1 aliphatic rings. The molecule has 1 saturated heterocycles. The van der Waals surface area contributed by atoms with Gasteiger partial charge in [-0.15, -0.1) is 10.2 Å². The summed E-state index contributed by atoms with van der Waals surface area (Å²) in [6.45, 7) is 4.46. The van der Waals surface area contributed by atoms with Crippen molar-refractivity contribution in [2.75, 3.05) is 19.6 Å². The fourth-order valence-corrected chi connectivity index (χ4v) is 2.20. The van der Waals surface area contributed by atoms with Crippen LogP contribution in [-0.2, 0) is 11.2 Å². The molecule has 1 fully saturated rings. The Morgan fingerprint density at radius 3 is 3.11 bits per heavy atom. The molecule has 100 valence electrons. The summed E-state index contributed by atoms with van der Waals surface area (Å²) in [6, 6.07) is 0. The second-order valence-corrected chi connectivity index (χ2v) is 5.03. The molecular formula is C11H20N6O. The van der Waals surface area contributed by atoms with E-state index in [0.29, 0.717) is 12.4 Å². The first-order valence-electron chi connectivity index (χ1n) is 6.42. The van der Waals surface area contributed by atoms with Gasteiger partial charge in [0.15, 0.2) is 5.82 Å². The van der Waals surface area contributed by atoms with Crippen molar-refractivity contribution in [3.63, 3.8) is 0 Å². The van der Waals surface area contributed by atoms with E-state index in [9.17, 15) is 4.79 Å². The maximum Gasteiger partial charge on any atom is 0.227 e. The van der Waals surface area contributed by atoms with Gasteiger partial charge in [-0.05, 0) is 32.7 Å². The maximum atomic E-state index is 12.1. The van der Waals surface area contributed by atoms with Crippen molar-refractivity contribution in [1.29, 1.82) is 0 Å². The number of H-pyrrole nitrogens is 1. The van der Waals surface area contributed by atoms with E-state index in [1.807, 2.05) is 6.92 Å². The molecule has 2 rings (SSSR count). The average Bonchev–Trinajstić information content (AvgIpc) is 2.88. The molecule has 2 heterocycles. The predicted octanol–water partition coefficient (Wildman–Crippen LogP) is -0.362. The third kappa shape index (κ3) is 3.25. The number of hydrogen-bond donors (Lipinski definition) is 3. The van der Waals surface area contributed by atoms with Crippen LogP contribution in [0.25, 0.3) is 0 Å². The minimum atomic E-state index is -0.260. The third-order valence-corrected chi connectivity index (χ3v) is 3.40. The fraction of sp³-hybridized carbons (Fsp3) is 0.818. The number of hydrogen-bond acceptors (Lipinski definition) is 5. The number of piperidine rings is 1. The molecule has 0 saturated carbocycles. The highest BCUT2D eigenvalue weighted by Crippen LogP contribution is 2.25. The predicted molar refractivity (Wildman–Crippen MR) is 65.7 cm³/mol. The first-order valence-corrected chi connectivity index (χ1v) is 6.42. The van der Waals surface area contributed by atoms with Crippen molar-refractivity contribution in [2.24, 2.45) is 5.41 Å². The Labute approximate surface area is 106 Å². The topological polar surface area (TPSA) is 95.6 Å². The molecule has 1 unspecified atom stereocenters. The summed E-state index contributed by atoms with van der Waals surface area (Å²) in [5.74, 6) is 0.831. The molecule has 1 atom stereocenters. The Morgan fingerprint density at radius 1 is 1.56 bits per heavy atom. The number of tetrazole rings is 1. The van der Waals surface area contributed by atoms with Gasteiger partial charge in [-0.25, -0.2) is 0 Å². The number of aryl methyl sites for hydroxylation is 1. The van der Waals surface area contributed by atoms with Crippen molar-refractivity contribution < 1.29 is 4.79 Å². The van der Waals surface area contributed by atoms with Crippen molar-refractivity contribution >= 4 is 5.91 Å². The van der Waals surface area contributed by atoms with E-state index >= 15 is 0 Å². The van der Waals surface area contributed by atoms with Crippen LogP contribution < -0.4 is 10.6 Å². The number of carbonyl (C=O) groups is 1. The summed E-state index contributed by atoms with van der Waals surface area (Å²) in [5.41, 5.74) is -0.260. The molecule has 7 heteroatoms. The smallest absolute Gasteiger partial charge is 0.227 e. The highest BCUT2D eigenvalue weighted by Gasteiger charge is 2.34. The van der Waals surface area contributed by atoms with Crippen molar-refractivity contribution in [3.05, 3.63) is 5.82 Å². The number of nitrogens with zero attached hydrogens (tertiary/aromatic N) is 3. The lowest BCUT2D eigenvalue weighted by molar-refractivity contribution is -0.131. The van der Waals surface area contributed by atoms with Crippen LogP contribution in [0.1, 0.15) is 32.0 Å². The highest BCUT2D eigenvalue weighted by molar-refractivity contribution is 5.82. The van der Waals surface area contributed by atoms with Crippen LogP contribution in [0.2, 0.25) is 0 Å². The summed E-state index contributed by atoms with van der Waals surface area (Å²) in [6.07, 6.45) is 3.57. The van der Waals surface area contributed by atoms with Crippen LogP contribution in [-0.4, -0.2) is 46.2 Å². The number of aromatic nitrogens is 4. The van der Waals surface area contributed by atoms with E-state index in [0.717, 1.165) is 38.8 Å². The molecule has 0 radical (unpaired) electrons. The Balaban J connectivity index is 1.68. The van der Waals surface area contributed by atoms with Gasteiger partial charge >= 0.3 is 0 Å². The van der Waals surface area contributed by atoms with Gasteiger partial charge in [0, 0.05) is 19.5 Å². The van der Waals surface area contributed by atoms with Crippen LogP contribution in [0.5, 0.6) is 0 Å². The van der Waals surface area contributed by atoms with Crippen LogP contribution in [0.15, 0.2) is 0 Å². The van der Waals surface area contributed by atoms with E-state index in [2.05, 4.69) is 31.3 Å². The highest BCUT2D eigenvalue weighted by atomic mass is 16.2. The van der Waals surface area contributed by atoms with Gasteiger partial charge in [0.1, 0.15) is 0 Å². The van der Waals surface area contributed by atoms with Crippen molar-refractivity contribution in [2.45, 2.75) is 32.6 Å². The van der Waals surface area contributed by atoms with E-state index in [1.54, 1.807) is 0 Å². The van der Waals surface area contributed by atoms with Crippen LogP contribution in [0.3, 0.4) is 0 Å². The summed E-state index contributed by atoms with van der Waals surface area (Å²) in [4.78, 5) is 12.1. The Kier molecular flexibility index (Phi) is 4.24. The molecule has 0 bridgehead atoms. The van der Waals surface area contributed by atoms with Gasteiger partial charge in [0.05, 0.1) is 5.41 Å². The standard InChI is InChI=1S/C11H20N6O/c1-11(5-3-6-12-8-11)10(18)13-7-2-4-9-14-16-17-15-9/h12H,2-8H2,1H3,(H,13,18)(H,14,15,16,17). The molecule has 1 aromatic rings. The molecule has 0 aliphatic carbocycles. The Hall–Kier alpha value is -1.50. The van der Waals surface area contributed by atoms with E-state index in [4.69, 9.17) is 0 Å². The van der Waals surface area contributed by atoms with Gasteiger partial charge in [-0.2, -0.15) is 5.21 Å². The molecule has 1 aliphatic heterocycles. The molecule has 0 aromatic carbocycles. The minimum Gasteiger partial charge on any atom is -0.356 e. The molecule has 0 spiro atoms. The van der Waals surface area contributed by atoms with Gasteiger partial charge in [-0.1, -0.05) is 5.21 Å². The van der Waals surface area contributed by atoms with Crippen molar-refractivity contribution in [3.8, 4) is 0 Å². The Bertz CT molecular complexity index is 371. The van der Waals surface area contributed by atoms with Crippen LogP contribution in [0, 0.1) is 5.41 Å². The van der Waals surface area contributed by atoms with Crippen LogP contribution in [0.4, 0.5) is 0 Å². The SMILES string of the molecule is CC1(C(=O)NCCCc2nn[nH]n2)CCCNC1. The van der Waals surface area contributed by atoms with E-state index in [1.165, 1.54) is 0 Å². The summed E-state index contributed by atoms with van der Waals surface area (Å²) in [5, 5.41) is 19.9. The Morgan fingerprint density at radius 2 is 2.44 bits per heavy atom. The molecule has 1 amide bonds. The van der Waals surface area contributed by atoms with Gasteiger partial charge in [0.2, 0.25) is 5.91 Å². The lowest BCUT2D eigenvalue weighted by atomic mass is 9.82. The third-order valence-electron chi connectivity index (χ3n) is 3.40. The van der Waals surface area contributed by atoms with E-state index in [-0.39, 0.29) is 11.3 Å². The lowest BCUT2D eigenvalue weighted by Crippen LogP contribution is -2.48. The average molecular weight is 252 g/mol. The second-order valence-electron chi connectivity index (χ2n) is 5.03. The maximum absolute atomic E-state index is 12.1.